The Bertz CT molecular complexity index is 881. The predicted octanol–water partition coefficient (Wildman–Crippen LogP) is 5.53. The van der Waals surface area contributed by atoms with E-state index in [2.05, 4.69) is 45.7 Å². The Morgan fingerprint density at radius 1 is 1.26 bits per heavy atom. The van der Waals surface area contributed by atoms with Gasteiger partial charge in [-0.05, 0) is 63.6 Å². The van der Waals surface area contributed by atoms with E-state index in [0.717, 1.165) is 38.6 Å². The molecule has 1 aromatic rings. The first-order valence-electron chi connectivity index (χ1n) is 12.9. The summed E-state index contributed by atoms with van der Waals surface area (Å²) >= 11 is 0. The van der Waals surface area contributed by atoms with E-state index < -0.39 is 11.2 Å². The Hall–Kier alpha value is -2.13. The van der Waals surface area contributed by atoms with Crippen LogP contribution in [0.1, 0.15) is 78.2 Å². The number of likely N-dealkylation sites (tertiary alicyclic amines) is 2. The molecule has 1 amide bonds. The van der Waals surface area contributed by atoms with Crippen molar-refractivity contribution >= 4 is 5.91 Å². The minimum atomic E-state index is -0.845. The average Bonchev–Trinajstić information content (AvgIpc) is 2.80. The maximum absolute atomic E-state index is 14.8. The lowest BCUT2D eigenvalue weighted by atomic mass is 9.73. The zero-order chi connectivity index (χ0) is 24.9. The first-order valence-corrected chi connectivity index (χ1v) is 12.9. The zero-order valence-electron chi connectivity index (χ0n) is 21.7. The largest absolute Gasteiger partial charge is 0.490 e. The molecule has 5 nitrogen and oxygen atoms in total. The van der Waals surface area contributed by atoms with Crippen molar-refractivity contribution in [3.63, 3.8) is 0 Å². The van der Waals surface area contributed by atoms with E-state index in [1.807, 2.05) is 11.0 Å². The second-order valence-corrected chi connectivity index (χ2v) is 11.4. The first-order chi connectivity index (χ1) is 16.1. The summed E-state index contributed by atoms with van der Waals surface area (Å²) in [6, 6.07) is 7.66. The van der Waals surface area contributed by atoms with Gasteiger partial charge in [0.05, 0.1) is 24.0 Å². The smallest absolute Gasteiger partial charge is 0.227 e. The maximum atomic E-state index is 14.8. The minimum Gasteiger partial charge on any atom is -0.490 e. The number of rotatable bonds is 7. The lowest BCUT2D eigenvalue weighted by Crippen LogP contribution is -2.53. The Kier molecular flexibility index (Phi) is 8.62. The summed E-state index contributed by atoms with van der Waals surface area (Å²) in [7, 11) is 2.13. The van der Waals surface area contributed by atoms with Crippen molar-refractivity contribution in [1.82, 2.24) is 9.80 Å². The Morgan fingerprint density at radius 3 is 2.59 bits per heavy atom. The second-order valence-electron chi connectivity index (χ2n) is 11.4. The molecule has 2 aliphatic rings. The summed E-state index contributed by atoms with van der Waals surface area (Å²) in [6.07, 6.45) is 5.85. The number of amides is 1. The fourth-order valence-corrected chi connectivity index (χ4v) is 5.51. The van der Waals surface area contributed by atoms with Gasteiger partial charge in [-0.1, -0.05) is 46.2 Å². The van der Waals surface area contributed by atoms with E-state index in [4.69, 9.17) is 4.74 Å². The van der Waals surface area contributed by atoms with Gasteiger partial charge in [-0.15, -0.1) is 0 Å². The molecule has 2 aliphatic heterocycles. The third kappa shape index (κ3) is 5.92. The van der Waals surface area contributed by atoms with Crippen LogP contribution in [0.4, 0.5) is 4.39 Å². The van der Waals surface area contributed by atoms with Gasteiger partial charge in [-0.25, -0.2) is 4.39 Å². The highest BCUT2D eigenvalue weighted by molar-refractivity contribution is 5.80. The molecule has 2 unspecified atom stereocenters. The molecule has 1 aromatic carbocycles. The molecule has 2 heterocycles. The van der Waals surface area contributed by atoms with Crippen LogP contribution < -0.4 is 4.74 Å². The van der Waals surface area contributed by atoms with Gasteiger partial charge >= 0.3 is 0 Å². The fourth-order valence-electron chi connectivity index (χ4n) is 5.51. The molecule has 2 atom stereocenters. The molecule has 0 spiro atoms. The van der Waals surface area contributed by atoms with Crippen molar-refractivity contribution < 1.29 is 13.9 Å². The monoisotopic (exact) mass is 471 g/mol. The Balaban J connectivity index is 1.75. The highest BCUT2D eigenvalue weighted by Gasteiger charge is 2.43. The zero-order valence-corrected chi connectivity index (χ0v) is 21.7. The standard InChI is InChI=1S/C28H42FN3O2/c1-6-9-24-21(10-8-16-31(24)5)26(33)32-17-13-28(20-30,14-18-32)22-11-7-12-23(29)25(22)34-19-15-27(2,3)4/h7,11-12,21,24H,6,8-10,13-19H2,1-5H3. The molecule has 0 radical (unpaired) electrons. The van der Waals surface area contributed by atoms with Gasteiger partial charge in [0.2, 0.25) is 5.91 Å². The average molecular weight is 472 g/mol. The summed E-state index contributed by atoms with van der Waals surface area (Å²) in [5.74, 6) is 0.0216. The van der Waals surface area contributed by atoms with Crippen LogP contribution in [0, 0.1) is 28.5 Å². The van der Waals surface area contributed by atoms with E-state index in [0.29, 0.717) is 44.1 Å². The van der Waals surface area contributed by atoms with Crippen LogP contribution in [0.25, 0.3) is 0 Å². The van der Waals surface area contributed by atoms with Crippen molar-refractivity contribution in [3.05, 3.63) is 29.6 Å². The highest BCUT2D eigenvalue weighted by atomic mass is 19.1. The van der Waals surface area contributed by atoms with Gasteiger partial charge in [-0.3, -0.25) is 4.79 Å². The minimum absolute atomic E-state index is 0.0266. The van der Waals surface area contributed by atoms with E-state index >= 15 is 0 Å². The third-order valence-electron chi connectivity index (χ3n) is 7.68. The van der Waals surface area contributed by atoms with Crippen LogP contribution >= 0.6 is 0 Å². The number of carbonyl (C=O) groups excluding carboxylic acids is 1. The SMILES string of the molecule is CCCC1C(C(=O)N2CCC(C#N)(c3cccc(F)c3OCCC(C)(C)C)CC2)CCCN1C. The molecule has 0 aromatic heterocycles. The van der Waals surface area contributed by atoms with Crippen molar-refractivity contribution in [3.8, 4) is 11.8 Å². The van der Waals surface area contributed by atoms with Crippen molar-refractivity contribution in [1.29, 1.82) is 5.26 Å². The predicted molar refractivity (Wildman–Crippen MR) is 133 cm³/mol. The van der Waals surface area contributed by atoms with E-state index in [9.17, 15) is 14.4 Å². The Morgan fingerprint density at radius 2 is 1.97 bits per heavy atom. The van der Waals surface area contributed by atoms with Gasteiger partial charge in [0, 0.05) is 24.7 Å². The summed E-state index contributed by atoms with van der Waals surface area (Å²) in [4.78, 5) is 17.8. The molecule has 0 bridgehead atoms. The van der Waals surface area contributed by atoms with Crippen molar-refractivity contribution in [2.45, 2.75) is 84.1 Å². The van der Waals surface area contributed by atoms with E-state index in [1.165, 1.54) is 6.07 Å². The first kappa shape index (κ1) is 26.5. The summed E-state index contributed by atoms with van der Waals surface area (Å²) in [6.45, 7) is 11.0. The molecule has 0 saturated carbocycles. The van der Waals surface area contributed by atoms with E-state index in [1.54, 1.807) is 6.07 Å². The maximum Gasteiger partial charge on any atom is 0.227 e. The number of halogens is 1. The van der Waals surface area contributed by atoms with Crippen LogP contribution in [0.3, 0.4) is 0 Å². The fraction of sp³-hybridized carbons (Fsp3) is 0.714. The van der Waals surface area contributed by atoms with Crippen LogP contribution in [-0.2, 0) is 10.2 Å². The molecular weight excluding hydrogens is 429 g/mol. The number of hydrogen-bond acceptors (Lipinski definition) is 4. The summed E-state index contributed by atoms with van der Waals surface area (Å²) < 4.78 is 20.8. The highest BCUT2D eigenvalue weighted by Crippen LogP contribution is 2.42. The van der Waals surface area contributed by atoms with Crippen LogP contribution in [0.15, 0.2) is 18.2 Å². The normalized spacial score (nSPS) is 23.4. The van der Waals surface area contributed by atoms with Crippen LogP contribution in [-0.4, -0.2) is 55.0 Å². The van der Waals surface area contributed by atoms with Gasteiger partial charge in [0.1, 0.15) is 0 Å². The van der Waals surface area contributed by atoms with Gasteiger partial charge < -0.3 is 14.5 Å². The van der Waals surface area contributed by atoms with Crippen molar-refractivity contribution in [2.24, 2.45) is 11.3 Å². The summed E-state index contributed by atoms with van der Waals surface area (Å²) in [5, 5.41) is 10.2. The quantitative estimate of drug-likeness (QED) is 0.524. The number of nitrogens with zero attached hydrogens (tertiary/aromatic N) is 3. The molecule has 188 valence electrons. The second kappa shape index (κ2) is 11.1. The van der Waals surface area contributed by atoms with Gasteiger partial charge in [-0.2, -0.15) is 5.26 Å². The molecule has 2 fully saturated rings. The van der Waals surface area contributed by atoms with Gasteiger partial charge in [0.25, 0.3) is 0 Å². The van der Waals surface area contributed by atoms with Gasteiger partial charge in [0.15, 0.2) is 11.6 Å². The number of benzene rings is 1. The Labute approximate surface area is 205 Å². The number of nitriles is 1. The topological polar surface area (TPSA) is 56.6 Å². The van der Waals surface area contributed by atoms with Crippen LogP contribution in [0.5, 0.6) is 5.75 Å². The number of ether oxygens (including phenoxy) is 1. The lowest BCUT2D eigenvalue weighted by Gasteiger charge is -2.43. The molecule has 0 aliphatic carbocycles. The summed E-state index contributed by atoms with van der Waals surface area (Å²) in [5.41, 5.74) is -0.146. The lowest BCUT2D eigenvalue weighted by molar-refractivity contribution is -0.141. The molecular formula is C28H42FN3O2. The number of carbonyl (C=O) groups is 1. The molecule has 34 heavy (non-hydrogen) atoms. The number of piperidine rings is 2. The van der Waals surface area contributed by atoms with Crippen LogP contribution in [0.2, 0.25) is 0 Å². The third-order valence-corrected chi connectivity index (χ3v) is 7.68. The molecule has 6 heteroatoms. The molecule has 3 rings (SSSR count). The van der Waals surface area contributed by atoms with E-state index in [-0.39, 0.29) is 23.0 Å². The molecule has 2 saturated heterocycles. The number of hydrogen-bond donors (Lipinski definition) is 0. The number of para-hydroxylation sites is 1. The van der Waals surface area contributed by atoms with Crippen molar-refractivity contribution in [2.75, 3.05) is 33.3 Å². The molecule has 0 N–H and O–H groups in total.